The zero-order valence-corrected chi connectivity index (χ0v) is 12.6. The standard InChI is InChI=1S/C14H24N4O2/c1-10-8-11(9-19-10)12-16-13(17-20-12)14(2,3)18-6-4-15-5-7-18/h10-11,15H,4-9H2,1-3H3. The molecule has 112 valence electrons. The van der Waals surface area contributed by atoms with Gasteiger partial charge in [-0.25, -0.2) is 0 Å². The van der Waals surface area contributed by atoms with E-state index in [0.717, 1.165) is 44.3 Å². The van der Waals surface area contributed by atoms with Crippen molar-refractivity contribution in [1.29, 1.82) is 0 Å². The Morgan fingerprint density at radius 3 is 2.70 bits per heavy atom. The van der Waals surface area contributed by atoms with Crippen LogP contribution in [-0.4, -0.2) is 53.9 Å². The van der Waals surface area contributed by atoms with Crippen LogP contribution in [0.15, 0.2) is 4.52 Å². The van der Waals surface area contributed by atoms with Gasteiger partial charge in [0.05, 0.1) is 24.2 Å². The van der Waals surface area contributed by atoms with Gasteiger partial charge in [-0.3, -0.25) is 4.90 Å². The highest BCUT2D eigenvalue weighted by atomic mass is 16.5. The number of nitrogens with zero attached hydrogens (tertiary/aromatic N) is 3. The van der Waals surface area contributed by atoms with E-state index in [1.807, 2.05) is 0 Å². The number of hydrogen-bond donors (Lipinski definition) is 1. The Kier molecular flexibility index (Phi) is 3.79. The Balaban J connectivity index is 1.74. The van der Waals surface area contributed by atoms with Crippen molar-refractivity contribution in [1.82, 2.24) is 20.4 Å². The fourth-order valence-corrected chi connectivity index (χ4v) is 3.00. The van der Waals surface area contributed by atoms with Crippen molar-refractivity contribution in [2.75, 3.05) is 32.8 Å². The predicted octanol–water partition coefficient (Wildman–Crippen LogP) is 1.10. The summed E-state index contributed by atoms with van der Waals surface area (Å²) in [7, 11) is 0. The molecule has 0 radical (unpaired) electrons. The van der Waals surface area contributed by atoms with Crippen LogP contribution in [-0.2, 0) is 10.3 Å². The van der Waals surface area contributed by atoms with Crippen LogP contribution in [0.1, 0.15) is 44.8 Å². The first-order valence-corrected chi connectivity index (χ1v) is 7.49. The normalized spacial score (nSPS) is 28.9. The molecule has 1 N–H and O–H groups in total. The maximum Gasteiger partial charge on any atom is 0.232 e. The molecule has 1 aromatic heterocycles. The number of ether oxygens (including phenoxy) is 1. The number of aromatic nitrogens is 2. The average molecular weight is 280 g/mol. The molecule has 0 aromatic carbocycles. The number of rotatable bonds is 3. The van der Waals surface area contributed by atoms with E-state index in [1.54, 1.807) is 0 Å². The second kappa shape index (κ2) is 5.42. The van der Waals surface area contributed by atoms with Crippen LogP contribution in [0.3, 0.4) is 0 Å². The third kappa shape index (κ3) is 2.60. The van der Waals surface area contributed by atoms with E-state index >= 15 is 0 Å². The molecule has 2 saturated heterocycles. The van der Waals surface area contributed by atoms with Crippen molar-refractivity contribution in [3.8, 4) is 0 Å². The van der Waals surface area contributed by atoms with E-state index in [4.69, 9.17) is 9.26 Å². The zero-order chi connectivity index (χ0) is 14.2. The molecule has 2 atom stereocenters. The Labute approximate surface area is 119 Å². The summed E-state index contributed by atoms with van der Waals surface area (Å²) in [5.41, 5.74) is -0.186. The largest absolute Gasteiger partial charge is 0.378 e. The number of nitrogens with one attached hydrogen (secondary N) is 1. The first-order chi connectivity index (χ1) is 9.57. The van der Waals surface area contributed by atoms with Crippen LogP contribution >= 0.6 is 0 Å². The molecule has 3 rings (SSSR count). The Morgan fingerprint density at radius 1 is 1.30 bits per heavy atom. The first kappa shape index (κ1) is 14.0. The molecule has 2 fully saturated rings. The van der Waals surface area contributed by atoms with Gasteiger partial charge >= 0.3 is 0 Å². The lowest BCUT2D eigenvalue weighted by molar-refractivity contribution is 0.0924. The van der Waals surface area contributed by atoms with Gasteiger partial charge in [0, 0.05) is 26.2 Å². The van der Waals surface area contributed by atoms with Gasteiger partial charge in [-0.1, -0.05) is 5.16 Å². The SMILES string of the molecule is CC1CC(c2nc(C(C)(C)N3CCNCC3)no2)CO1. The van der Waals surface area contributed by atoms with Crippen molar-refractivity contribution < 1.29 is 9.26 Å². The summed E-state index contributed by atoms with van der Waals surface area (Å²) in [4.78, 5) is 7.06. The van der Waals surface area contributed by atoms with Crippen LogP contribution in [0, 0.1) is 0 Å². The minimum absolute atomic E-state index is 0.186. The molecule has 0 saturated carbocycles. The third-order valence-electron chi connectivity index (χ3n) is 4.44. The summed E-state index contributed by atoms with van der Waals surface area (Å²) in [5, 5.41) is 7.60. The maximum absolute atomic E-state index is 5.58. The Bertz CT molecular complexity index is 454. The van der Waals surface area contributed by atoms with E-state index in [0.29, 0.717) is 6.61 Å². The molecule has 3 heterocycles. The second-order valence-electron chi connectivity index (χ2n) is 6.33. The highest BCUT2D eigenvalue weighted by Gasteiger charge is 2.36. The average Bonchev–Trinajstić information content (AvgIpc) is 3.08. The molecular weight excluding hydrogens is 256 g/mol. The molecule has 2 aliphatic rings. The lowest BCUT2D eigenvalue weighted by Gasteiger charge is -2.38. The molecule has 2 aliphatic heterocycles. The van der Waals surface area contributed by atoms with Crippen molar-refractivity contribution in [3.05, 3.63) is 11.7 Å². The maximum atomic E-state index is 5.58. The van der Waals surface area contributed by atoms with Crippen molar-refractivity contribution in [2.24, 2.45) is 0 Å². The van der Waals surface area contributed by atoms with Crippen LogP contribution in [0.5, 0.6) is 0 Å². The summed E-state index contributed by atoms with van der Waals surface area (Å²) in [6, 6.07) is 0. The van der Waals surface area contributed by atoms with Gasteiger partial charge in [-0.2, -0.15) is 4.98 Å². The van der Waals surface area contributed by atoms with Crippen LogP contribution in [0.25, 0.3) is 0 Å². The van der Waals surface area contributed by atoms with Gasteiger partial charge in [0.1, 0.15) is 0 Å². The minimum Gasteiger partial charge on any atom is -0.378 e. The quantitative estimate of drug-likeness (QED) is 0.894. The highest BCUT2D eigenvalue weighted by molar-refractivity contribution is 5.06. The predicted molar refractivity (Wildman–Crippen MR) is 74.5 cm³/mol. The smallest absolute Gasteiger partial charge is 0.232 e. The van der Waals surface area contributed by atoms with Gasteiger partial charge in [0.2, 0.25) is 5.89 Å². The molecule has 6 heteroatoms. The lowest BCUT2D eigenvalue weighted by Crippen LogP contribution is -2.52. The fourth-order valence-electron chi connectivity index (χ4n) is 3.00. The molecule has 0 aliphatic carbocycles. The molecule has 20 heavy (non-hydrogen) atoms. The van der Waals surface area contributed by atoms with Gasteiger partial charge in [-0.15, -0.1) is 0 Å². The minimum atomic E-state index is -0.186. The lowest BCUT2D eigenvalue weighted by atomic mass is 10.0. The molecule has 0 bridgehead atoms. The number of piperazine rings is 1. The first-order valence-electron chi connectivity index (χ1n) is 7.49. The van der Waals surface area contributed by atoms with E-state index in [1.165, 1.54) is 0 Å². The van der Waals surface area contributed by atoms with Gasteiger partial charge in [0.25, 0.3) is 0 Å². The fraction of sp³-hybridized carbons (Fsp3) is 0.857. The van der Waals surface area contributed by atoms with Crippen LogP contribution < -0.4 is 5.32 Å². The summed E-state index contributed by atoms with van der Waals surface area (Å²) in [6.07, 6.45) is 1.26. The van der Waals surface area contributed by atoms with Gasteiger partial charge in [-0.05, 0) is 27.2 Å². The topological polar surface area (TPSA) is 63.4 Å². The molecule has 2 unspecified atom stereocenters. The summed E-state index contributed by atoms with van der Waals surface area (Å²) < 4.78 is 11.1. The third-order valence-corrected chi connectivity index (χ3v) is 4.44. The second-order valence-corrected chi connectivity index (χ2v) is 6.33. The van der Waals surface area contributed by atoms with Crippen molar-refractivity contribution in [2.45, 2.75) is 44.8 Å². The van der Waals surface area contributed by atoms with E-state index in [-0.39, 0.29) is 17.6 Å². The molecule has 0 spiro atoms. The molecular formula is C14H24N4O2. The van der Waals surface area contributed by atoms with Crippen LogP contribution in [0.2, 0.25) is 0 Å². The van der Waals surface area contributed by atoms with Gasteiger partial charge in [0.15, 0.2) is 5.82 Å². The van der Waals surface area contributed by atoms with Crippen molar-refractivity contribution in [3.63, 3.8) is 0 Å². The molecule has 0 amide bonds. The molecule has 6 nitrogen and oxygen atoms in total. The Morgan fingerprint density at radius 2 is 2.05 bits per heavy atom. The Hall–Kier alpha value is -0.980. The van der Waals surface area contributed by atoms with Crippen LogP contribution in [0.4, 0.5) is 0 Å². The van der Waals surface area contributed by atoms with E-state index < -0.39 is 0 Å². The summed E-state index contributed by atoms with van der Waals surface area (Å²) in [6.45, 7) is 11.2. The van der Waals surface area contributed by atoms with Crippen molar-refractivity contribution >= 4 is 0 Å². The zero-order valence-electron chi connectivity index (χ0n) is 12.6. The number of hydrogen-bond acceptors (Lipinski definition) is 6. The summed E-state index contributed by atoms with van der Waals surface area (Å²) in [5.74, 6) is 1.77. The van der Waals surface area contributed by atoms with E-state index in [9.17, 15) is 0 Å². The monoisotopic (exact) mass is 280 g/mol. The highest BCUT2D eigenvalue weighted by Crippen LogP contribution is 2.31. The summed E-state index contributed by atoms with van der Waals surface area (Å²) >= 11 is 0. The van der Waals surface area contributed by atoms with E-state index in [2.05, 4.69) is 41.1 Å². The van der Waals surface area contributed by atoms with Gasteiger partial charge < -0.3 is 14.6 Å². The molecule has 1 aromatic rings.